The summed E-state index contributed by atoms with van der Waals surface area (Å²) < 4.78 is 11.1. The highest BCUT2D eigenvalue weighted by molar-refractivity contribution is 5.80. The monoisotopic (exact) mass is 502 g/mol. The van der Waals surface area contributed by atoms with Crippen LogP contribution in [0.3, 0.4) is 0 Å². The first-order valence-corrected chi connectivity index (χ1v) is 14.9. The summed E-state index contributed by atoms with van der Waals surface area (Å²) in [6.07, 6.45) is 19.9. The van der Waals surface area contributed by atoms with Crippen molar-refractivity contribution < 1.29 is 19.1 Å². The fourth-order valence-electron chi connectivity index (χ4n) is 4.46. The number of hydrogen-bond donors (Lipinski definition) is 0. The Balaban J connectivity index is 2.36. The molecule has 1 atom stereocenters. The quantitative estimate of drug-likeness (QED) is 0.111. The van der Waals surface area contributed by atoms with Gasteiger partial charge in [-0.15, -0.1) is 0 Å². The molecule has 0 aliphatic rings. The number of rotatable bonds is 23. The normalized spacial score (nSPS) is 11.9. The number of ether oxygens (including phenoxy) is 2. The second-order valence-corrected chi connectivity index (χ2v) is 10.4. The van der Waals surface area contributed by atoms with E-state index in [0.717, 1.165) is 31.2 Å². The van der Waals surface area contributed by atoms with Crippen molar-refractivity contribution >= 4 is 11.9 Å². The predicted octanol–water partition coefficient (Wildman–Crippen LogP) is 8.91. The van der Waals surface area contributed by atoms with Gasteiger partial charge in [0.05, 0.1) is 25.6 Å². The van der Waals surface area contributed by atoms with Crippen molar-refractivity contribution in [2.75, 3.05) is 13.2 Å². The summed E-state index contributed by atoms with van der Waals surface area (Å²) in [6, 6.07) is 8.14. The Morgan fingerprint density at radius 2 is 1.08 bits per heavy atom. The molecule has 1 unspecified atom stereocenters. The largest absolute Gasteiger partial charge is 0.466 e. The van der Waals surface area contributed by atoms with E-state index >= 15 is 0 Å². The zero-order valence-electron chi connectivity index (χ0n) is 23.7. The van der Waals surface area contributed by atoms with Crippen LogP contribution in [0.15, 0.2) is 24.3 Å². The molecule has 0 aliphatic heterocycles. The third-order valence-corrected chi connectivity index (χ3v) is 6.85. The van der Waals surface area contributed by atoms with E-state index < -0.39 is 5.92 Å². The van der Waals surface area contributed by atoms with Crippen LogP contribution in [-0.2, 0) is 25.5 Å². The van der Waals surface area contributed by atoms with Gasteiger partial charge in [0.1, 0.15) is 0 Å². The average Bonchev–Trinajstić information content (AvgIpc) is 2.87. The van der Waals surface area contributed by atoms with Crippen LogP contribution in [0.2, 0.25) is 0 Å². The number of carbonyl (C=O) groups excluding carboxylic acids is 2. The van der Waals surface area contributed by atoms with Crippen LogP contribution < -0.4 is 0 Å². The molecule has 1 aromatic carbocycles. The lowest BCUT2D eigenvalue weighted by Gasteiger charge is -2.16. The van der Waals surface area contributed by atoms with Crippen LogP contribution in [0, 0.1) is 12.8 Å². The van der Waals surface area contributed by atoms with Gasteiger partial charge in [-0.05, 0) is 31.7 Å². The molecule has 0 fully saturated rings. The summed E-state index contributed by atoms with van der Waals surface area (Å²) in [5, 5.41) is 0. The highest BCUT2D eigenvalue weighted by Crippen LogP contribution is 2.17. The summed E-state index contributed by atoms with van der Waals surface area (Å²) in [4.78, 5) is 25.4. The van der Waals surface area contributed by atoms with Crippen LogP contribution >= 0.6 is 0 Å². The highest BCUT2D eigenvalue weighted by atomic mass is 16.5. The molecule has 0 radical (unpaired) electrons. The maximum atomic E-state index is 12.9. The Labute approximate surface area is 221 Å². The second kappa shape index (κ2) is 22.4. The molecule has 0 heterocycles. The maximum absolute atomic E-state index is 12.9. The minimum Gasteiger partial charge on any atom is -0.466 e. The topological polar surface area (TPSA) is 52.6 Å². The number of aryl methyl sites for hydroxylation is 1. The standard InChI is InChI=1S/C32H54O4/c1-4-6-8-10-12-14-16-18-24-35-31(33)27-30(26-29-22-20-28(3)21-23-29)32(34)36-25-19-17-15-13-11-9-7-5-2/h20-23,30H,4-19,24-27H2,1-3H3. The number of unbranched alkanes of at least 4 members (excludes halogenated alkanes) is 14. The Morgan fingerprint density at radius 1 is 0.639 bits per heavy atom. The predicted molar refractivity (Wildman–Crippen MR) is 150 cm³/mol. The summed E-state index contributed by atoms with van der Waals surface area (Å²) >= 11 is 0. The van der Waals surface area contributed by atoms with Gasteiger partial charge in [-0.1, -0.05) is 134 Å². The molecule has 0 saturated carbocycles. The van der Waals surface area contributed by atoms with E-state index in [0.29, 0.717) is 19.6 Å². The fourth-order valence-corrected chi connectivity index (χ4v) is 4.46. The molecule has 4 heteroatoms. The van der Waals surface area contributed by atoms with Crippen molar-refractivity contribution in [3.63, 3.8) is 0 Å². The van der Waals surface area contributed by atoms with Crippen molar-refractivity contribution in [3.05, 3.63) is 35.4 Å². The smallest absolute Gasteiger partial charge is 0.309 e. The van der Waals surface area contributed by atoms with E-state index in [4.69, 9.17) is 9.47 Å². The van der Waals surface area contributed by atoms with E-state index in [2.05, 4.69) is 13.8 Å². The van der Waals surface area contributed by atoms with Gasteiger partial charge in [0, 0.05) is 0 Å². The molecule has 1 rings (SSSR count). The summed E-state index contributed by atoms with van der Waals surface area (Å²) in [5.41, 5.74) is 2.22. The number of hydrogen-bond acceptors (Lipinski definition) is 4. The van der Waals surface area contributed by atoms with Crippen molar-refractivity contribution in [2.24, 2.45) is 5.92 Å². The number of benzene rings is 1. The molecule has 0 amide bonds. The maximum Gasteiger partial charge on any atom is 0.309 e. The van der Waals surface area contributed by atoms with Gasteiger partial charge < -0.3 is 9.47 Å². The van der Waals surface area contributed by atoms with Crippen molar-refractivity contribution in [3.8, 4) is 0 Å². The first kappa shape index (κ1) is 32.2. The summed E-state index contributed by atoms with van der Waals surface area (Å²) in [7, 11) is 0. The Hall–Kier alpha value is -1.84. The van der Waals surface area contributed by atoms with Gasteiger partial charge >= 0.3 is 11.9 Å². The minimum atomic E-state index is -0.493. The minimum absolute atomic E-state index is 0.0845. The van der Waals surface area contributed by atoms with Gasteiger partial charge in [-0.2, -0.15) is 0 Å². The van der Waals surface area contributed by atoms with Crippen molar-refractivity contribution in [2.45, 2.75) is 136 Å². The molecule has 1 aromatic rings. The lowest BCUT2D eigenvalue weighted by molar-refractivity contribution is -0.155. The third kappa shape index (κ3) is 17.6. The van der Waals surface area contributed by atoms with Crippen LogP contribution in [0.25, 0.3) is 0 Å². The second-order valence-electron chi connectivity index (χ2n) is 10.4. The SMILES string of the molecule is CCCCCCCCCCOC(=O)CC(Cc1ccc(C)cc1)C(=O)OCCCCCCCCCC. The van der Waals surface area contributed by atoms with Crippen LogP contribution in [0.5, 0.6) is 0 Å². The molecular formula is C32H54O4. The molecule has 0 aromatic heterocycles. The van der Waals surface area contributed by atoms with Crippen LogP contribution in [0.4, 0.5) is 0 Å². The van der Waals surface area contributed by atoms with E-state index in [1.165, 1.54) is 82.6 Å². The zero-order chi connectivity index (χ0) is 26.3. The van der Waals surface area contributed by atoms with Crippen LogP contribution in [-0.4, -0.2) is 25.2 Å². The molecule has 206 valence electrons. The molecule has 0 N–H and O–H groups in total. The molecule has 4 nitrogen and oxygen atoms in total. The van der Waals surface area contributed by atoms with Gasteiger partial charge in [0.25, 0.3) is 0 Å². The molecule has 36 heavy (non-hydrogen) atoms. The van der Waals surface area contributed by atoms with Crippen molar-refractivity contribution in [1.29, 1.82) is 0 Å². The Bertz CT molecular complexity index is 667. The molecule has 0 aliphatic carbocycles. The van der Waals surface area contributed by atoms with E-state index in [9.17, 15) is 9.59 Å². The molecule has 0 spiro atoms. The van der Waals surface area contributed by atoms with Crippen LogP contribution in [0.1, 0.15) is 134 Å². The lowest BCUT2D eigenvalue weighted by atomic mass is 9.95. The highest BCUT2D eigenvalue weighted by Gasteiger charge is 2.24. The number of carbonyl (C=O) groups is 2. The summed E-state index contributed by atoms with van der Waals surface area (Å²) in [6.45, 7) is 7.39. The van der Waals surface area contributed by atoms with Crippen molar-refractivity contribution in [1.82, 2.24) is 0 Å². The third-order valence-electron chi connectivity index (χ3n) is 6.85. The van der Waals surface area contributed by atoms with Gasteiger partial charge in [-0.3, -0.25) is 9.59 Å². The first-order chi connectivity index (χ1) is 17.6. The van der Waals surface area contributed by atoms with E-state index in [-0.39, 0.29) is 18.4 Å². The van der Waals surface area contributed by atoms with Gasteiger partial charge in [0.2, 0.25) is 0 Å². The number of esters is 2. The molecule has 0 saturated heterocycles. The molecule has 0 bridgehead atoms. The van der Waals surface area contributed by atoms with E-state index in [1.807, 2.05) is 31.2 Å². The fraction of sp³-hybridized carbons (Fsp3) is 0.750. The first-order valence-electron chi connectivity index (χ1n) is 14.9. The summed E-state index contributed by atoms with van der Waals surface area (Å²) in [5.74, 6) is -1.06. The zero-order valence-corrected chi connectivity index (χ0v) is 23.7. The Kier molecular flexibility index (Phi) is 20.0. The lowest BCUT2D eigenvalue weighted by Crippen LogP contribution is -2.24. The molecular weight excluding hydrogens is 448 g/mol. The van der Waals surface area contributed by atoms with E-state index in [1.54, 1.807) is 0 Å². The van der Waals surface area contributed by atoms with Gasteiger partial charge in [-0.25, -0.2) is 0 Å². The Morgan fingerprint density at radius 3 is 1.58 bits per heavy atom. The van der Waals surface area contributed by atoms with Gasteiger partial charge in [0.15, 0.2) is 0 Å². The average molecular weight is 503 g/mol.